The second-order valence-corrected chi connectivity index (χ2v) is 5.97. The fraction of sp³-hybridized carbons (Fsp3) is 0.158. The number of ether oxygens (including phenoxy) is 3. The molecule has 1 aromatic heterocycles. The van der Waals surface area contributed by atoms with Crippen molar-refractivity contribution in [3.63, 3.8) is 0 Å². The highest BCUT2D eigenvalue weighted by Crippen LogP contribution is 2.43. The van der Waals surface area contributed by atoms with E-state index >= 15 is 0 Å². The van der Waals surface area contributed by atoms with Crippen LogP contribution in [0.25, 0.3) is 11.0 Å². The van der Waals surface area contributed by atoms with Crippen LogP contribution in [0.1, 0.15) is 23.5 Å². The minimum Gasteiger partial charge on any atom is -0.454 e. The van der Waals surface area contributed by atoms with E-state index < -0.39 is 11.5 Å². The Bertz CT molecular complexity index is 1080. The van der Waals surface area contributed by atoms with Crippen LogP contribution in [0.2, 0.25) is 0 Å². The van der Waals surface area contributed by atoms with Crippen molar-refractivity contribution in [2.24, 2.45) is 0 Å². The van der Waals surface area contributed by atoms with Gasteiger partial charge in [0.05, 0.1) is 17.4 Å². The van der Waals surface area contributed by atoms with Crippen LogP contribution < -0.4 is 19.8 Å². The fourth-order valence-corrected chi connectivity index (χ4v) is 3.38. The lowest BCUT2D eigenvalue weighted by Gasteiger charge is -2.24. The van der Waals surface area contributed by atoms with Gasteiger partial charge in [0.1, 0.15) is 5.58 Å². The van der Waals surface area contributed by atoms with E-state index in [1.54, 1.807) is 36.4 Å². The number of benzene rings is 2. The third kappa shape index (κ3) is 2.11. The van der Waals surface area contributed by atoms with Crippen molar-refractivity contribution in [1.29, 1.82) is 0 Å². The lowest BCUT2D eigenvalue weighted by Crippen LogP contribution is -2.26. The summed E-state index contributed by atoms with van der Waals surface area (Å²) in [4.78, 5) is 24.8. The number of fused-ring (bicyclic) bond motifs is 4. The number of hydrogen-bond acceptors (Lipinski definition) is 6. The van der Waals surface area contributed by atoms with Gasteiger partial charge < -0.3 is 18.6 Å². The van der Waals surface area contributed by atoms with E-state index in [1.807, 2.05) is 6.07 Å². The number of carbonyl (C=O) groups excluding carboxylic acids is 1. The number of carbonyl (C=O) groups is 1. The van der Waals surface area contributed by atoms with Gasteiger partial charge in [0, 0.05) is 5.92 Å². The van der Waals surface area contributed by atoms with E-state index in [0.29, 0.717) is 28.0 Å². The maximum absolute atomic E-state index is 12.6. The van der Waals surface area contributed by atoms with Crippen LogP contribution in [0.5, 0.6) is 17.2 Å². The van der Waals surface area contributed by atoms with E-state index in [0.717, 1.165) is 5.56 Å². The lowest BCUT2D eigenvalue weighted by molar-refractivity contribution is -0.135. The molecule has 2 aliphatic heterocycles. The normalized spacial score (nSPS) is 18.1. The van der Waals surface area contributed by atoms with Gasteiger partial charge in [0.25, 0.3) is 0 Å². The Morgan fingerprint density at radius 3 is 2.72 bits per heavy atom. The highest BCUT2D eigenvalue weighted by molar-refractivity contribution is 5.90. The molecule has 0 spiro atoms. The summed E-state index contributed by atoms with van der Waals surface area (Å²) in [5, 5.41) is 0.607. The molecule has 0 fully saturated rings. The number of rotatable bonds is 1. The van der Waals surface area contributed by atoms with Gasteiger partial charge in [-0.25, -0.2) is 4.79 Å². The van der Waals surface area contributed by atoms with Crippen molar-refractivity contribution in [3.8, 4) is 17.2 Å². The van der Waals surface area contributed by atoms with Crippen molar-refractivity contribution in [1.82, 2.24) is 0 Å². The van der Waals surface area contributed by atoms with Gasteiger partial charge in [-0.1, -0.05) is 18.2 Å². The van der Waals surface area contributed by atoms with Crippen LogP contribution in [0.3, 0.4) is 0 Å². The molecule has 1 atom stereocenters. The van der Waals surface area contributed by atoms with Crippen LogP contribution in [0.4, 0.5) is 0 Å². The zero-order valence-corrected chi connectivity index (χ0v) is 13.0. The fourth-order valence-electron chi connectivity index (χ4n) is 3.38. The molecule has 0 saturated heterocycles. The van der Waals surface area contributed by atoms with Gasteiger partial charge in [-0.3, -0.25) is 4.79 Å². The molecule has 0 radical (unpaired) electrons. The Morgan fingerprint density at radius 2 is 1.80 bits per heavy atom. The smallest absolute Gasteiger partial charge is 0.343 e. The summed E-state index contributed by atoms with van der Waals surface area (Å²) in [5.41, 5.74) is 1.04. The van der Waals surface area contributed by atoms with Crippen LogP contribution in [-0.2, 0) is 4.79 Å². The summed E-state index contributed by atoms with van der Waals surface area (Å²) in [7, 11) is 0. The van der Waals surface area contributed by atoms with Crippen molar-refractivity contribution >= 4 is 16.9 Å². The molecule has 25 heavy (non-hydrogen) atoms. The van der Waals surface area contributed by atoms with Gasteiger partial charge in [0.2, 0.25) is 6.79 Å². The molecule has 3 heterocycles. The highest BCUT2D eigenvalue weighted by Gasteiger charge is 2.34. The predicted octanol–water partition coefficient (Wildman–Crippen LogP) is 2.96. The largest absolute Gasteiger partial charge is 0.454 e. The zero-order valence-electron chi connectivity index (χ0n) is 13.0. The van der Waals surface area contributed by atoms with Crippen molar-refractivity contribution < 1.29 is 23.4 Å². The van der Waals surface area contributed by atoms with E-state index in [2.05, 4.69) is 0 Å². The molecule has 124 valence electrons. The molecule has 0 unspecified atom stereocenters. The Kier molecular flexibility index (Phi) is 2.88. The van der Waals surface area contributed by atoms with E-state index in [1.165, 1.54) is 0 Å². The SMILES string of the molecule is O=C1C[C@H](c2ccc3c(c2)OCO3)c2c(c3ccccc3oc2=O)O1. The third-order valence-electron chi connectivity index (χ3n) is 4.53. The summed E-state index contributed by atoms with van der Waals surface area (Å²) in [6.45, 7) is 0.162. The van der Waals surface area contributed by atoms with Gasteiger partial charge >= 0.3 is 11.6 Å². The zero-order chi connectivity index (χ0) is 17.0. The summed E-state index contributed by atoms with van der Waals surface area (Å²) in [6.07, 6.45) is 0.0652. The topological polar surface area (TPSA) is 75.0 Å². The molecule has 6 heteroatoms. The molecule has 0 bridgehead atoms. The first-order valence-corrected chi connectivity index (χ1v) is 7.86. The van der Waals surface area contributed by atoms with Crippen LogP contribution in [0, 0.1) is 0 Å². The number of esters is 1. The maximum atomic E-state index is 12.6. The van der Waals surface area contributed by atoms with E-state index in [-0.39, 0.29) is 24.9 Å². The molecular formula is C19H12O6. The molecule has 2 aliphatic rings. The quantitative estimate of drug-likeness (QED) is 0.502. The molecule has 0 amide bonds. The molecule has 3 aromatic rings. The summed E-state index contributed by atoms with van der Waals surface area (Å²) in [6, 6.07) is 12.4. The third-order valence-corrected chi connectivity index (χ3v) is 4.53. The van der Waals surface area contributed by atoms with Crippen LogP contribution >= 0.6 is 0 Å². The minimum absolute atomic E-state index is 0.0652. The van der Waals surface area contributed by atoms with Gasteiger partial charge in [-0.2, -0.15) is 0 Å². The molecule has 0 aliphatic carbocycles. The van der Waals surface area contributed by atoms with E-state index in [9.17, 15) is 9.59 Å². The molecule has 0 saturated carbocycles. The van der Waals surface area contributed by atoms with Gasteiger partial charge in [0.15, 0.2) is 17.2 Å². The Labute approximate surface area is 141 Å². The van der Waals surface area contributed by atoms with Crippen molar-refractivity contribution in [2.45, 2.75) is 12.3 Å². The van der Waals surface area contributed by atoms with Crippen molar-refractivity contribution in [2.75, 3.05) is 6.79 Å². The molecular weight excluding hydrogens is 324 g/mol. The van der Waals surface area contributed by atoms with Crippen molar-refractivity contribution in [3.05, 3.63) is 64.0 Å². The standard InChI is InChI=1S/C19H12O6/c20-16-8-12(10-5-6-14-15(7-10)23-9-22-14)17-18(25-16)11-3-1-2-4-13(11)24-19(17)21/h1-7,12H,8-9H2/t12-/m1/s1. The lowest BCUT2D eigenvalue weighted by atomic mass is 9.86. The first-order chi connectivity index (χ1) is 12.2. The summed E-state index contributed by atoms with van der Waals surface area (Å²) < 4.78 is 21.6. The number of hydrogen-bond donors (Lipinski definition) is 0. The average molecular weight is 336 g/mol. The Balaban J connectivity index is 1.75. The summed E-state index contributed by atoms with van der Waals surface area (Å²) >= 11 is 0. The Hall–Kier alpha value is -3.28. The second-order valence-electron chi connectivity index (χ2n) is 5.97. The average Bonchev–Trinajstić information content (AvgIpc) is 3.08. The maximum Gasteiger partial charge on any atom is 0.343 e. The monoisotopic (exact) mass is 336 g/mol. The first kappa shape index (κ1) is 14.1. The number of para-hydroxylation sites is 1. The van der Waals surface area contributed by atoms with E-state index in [4.69, 9.17) is 18.6 Å². The van der Waals surface area contributed by atoms with Crippen LogP contribution in [-0.4, -0.2) is 12.8 Å². The molecule has 2 aromatic carbocycles. The predicted molar refractivity (Wildman–Crippen MR) is 87.1 cm³/mol. The minimum atomic E-state index is -0.496. The first-order valence-electron chi connectivity index (χ1n) is 7.86. The molecule has 5 rings (SSSR count). The molecule has 0 N–H and O–H groups in total. The van der Waals surface area contributed by atoms with Crippen LogP contribution in [0.15, 0.2) is 51.7 Å². The van der Waals surface area contributed by atoms with Gasteiger partial charge in [-0.15, -0.1) is 0 Å². The molecule has 6 nitrogen and oxygen atoms in total. The van der Waals surface area contributed by atoms with Gasteiger partial charge in [-0.05, 0) is 29.8 Å². The Morgan fingerprint density at radius 1 is 0.960 bits per heavy atom. The second kappa shape index (κ2) is 5.11. The highest BCUT2D eigenvalue weighted by atomic mass is 16.7. The summed E-state index contributed by atoms with van der Waals surface area (Å²) in [5.74, 6) is 0.694.